The van der Waals surface area contributed by atoms with Crippen molar-refractivity contribution in [2.45, 2.75) is 11.5 Å². The second kappa shape index (κ2) is 7.14. The molecule has 7 heteroatoms. The number of methoxy groups -OCH3 is 1. The zero-order chi connectivity index (χ0) is 17.0. The van der Waals surface area contributed by atoms with Crippen molar-refractivity contribution in [1.82, 2.24) is 0 Å². The van der Waals surface area contributed by atoms with Crippen molar-refractivity contribution in [1.29, 1.82) is 0 Å². The first-order chi connectivity index (χ1) is 10.8. The van der Waals surface area contributed by atoms with Gasteiger partial charge in [0.15, 0.2) is 9.84 Å². The predicted molar refractivity (Wildman–Crippen MR) is 89.4 cm³/mol. The molecule has 0 bridgehead atoms. The first-order valence-electron chi connectivity index (χ1n) is 6.61. The molecule has 0 heterocycles. The fraction of sp³-hybridized carbons (Fsp3) is 0.188. The van der Waals surface area contributed by atoms with Gasteiger partial charge in [-0.2, -0.15) is 0 Å². The molecule has 0 aliphatic heterocycles. The third-order valence-corrected chi connectivity index (χ3v) is 4.87. The molecule has 0 aromatic heterocycles. The molecular weight excluding hydrogens is 384 g/mol. The summed E-state index contributed by atoms with van der Waals surface area (Å²) in [5, 5.41) is 0. The van der Waals surface area contributed by atoms with Gasteiger partial charge in [-0.15, -0.1) is 0 Å². The molecule has 2 rings (SSSR count). The summed E-state index contributed by atoms with van der Waals surface area (Å²) in [4.78, 5) is 12.1. The van der Waals surface area contributed by atoms with Crippen molar-refractivity contribution < 1.29 is 22.7 Å². The van der Waals surface area contributed by atoms with E-state index in [9.17, 15) is 13.2 Å². The van der Waals surface area contributed by atoms with Gasteiger partial charge in [-0.1, -0.05) is 18.2 Å². The Morgan fingerprint density at radius 3 is 2.48 bits per heavy atom. The number of hydrogen-bond acceptors (Lipinski definition) is 5. The van der Waals surface area contributed by atoms with Crippen LogP contribution in [0.3, 0.4) is 0 Å². The van der Waals surface area contributed by atoms with Crippen LogP contribution in [0.25, 0.3) is 0 Å². The van der Waals surface area contributed by atoms with E-state index in [-0.39, 0.29) is 17.1 Å². The number of hydrogen-bond donors (Lipinski definition) is 0. The summed E-state index contributed by atoms with van der Waals surface area (Å²) in [6.07, 6.45) is 1.06. The fourth-order valence-electron chi connectivity index (χ4n) is 1.98. The van der Waals surface area contributed by atoms with Gasteiger partial charge >= 0.3 is 5.97 Å². The molecule has 0 aliphatic carbocycles. The highest BCUT2D eigenvalue weighted by atomic mass is 79.9. The van der Waals surface area contributed by atoms with E-state index in [1.165, 1.54) is 12.1 Å². The van der Waals surface area contributed by atoms with Crippen molar-refractivity contribution in [3.63, 3.8) is 0 Å². The van der Waals surface area contributed by atoms with Crippen LogP contribution >= 0.6 is 15.9 Å². The van der Waals surface area contributed by atoms with Crippen molar-refractivity contribution in [3.8, 4) is 5.75 Å². The molecule has 0 saturated heterocycles. The van der Waals surface area contributed by atoms with E-state index in [1.807, 2.05) is 0 Å². The van der Waals surface area contributed by atoms with Gasteiger partial charge in [0.2, 0.25) is 0 Å². The number of rotatable bonds is 5. The van der Waals surface area contributed by atoms with E-state index in [1.54, 1.807) is 37.4 Å². The highest BCUT2D eigenvalue weighted by Crippen LogP contribution is 2.26. The maximum atomic E-state index is 12.2. The zero-order valence-electron chi connectivity index (χ0n) is 12.6. The van der Waals surface area contributed by atoms with Crippen LogP contribution in [0, 0.1) is 0 Å². The second-order valence-corrected chi connectivity index (χ2v) is 7.65. The average Bonchev–Trinajstić information content (AvgIpc) is 2.52. The number of carbonyl (C=O) groups is 1. The molecular formula is C16H15BrO5S. The topological polar surface area (TPSA) is 69.7 Å². The van der Waals surface area contributed by atoms with Crippen molar-refractivity contribution in [3.05, 3.63) is 58.1 Å². The Kier molecular flexibility index (Phi) is 5.43. The van der Waals surface area contributed by atoms with Gasteiger partial charge in [-0.3, -0.25) is 0 Å². The Hall–Kier alpha value is -1.86. The molecule has 0 saturated carbocycles. The lowest BCUT2D eigenvalue weighted by Gasteiger charge is -2.09. The number of benzene rings is 2. The lowest BCUT2D eigenvalue weighted by atomic mass is 10.2. The van der Waals surface area contributed by atoms with Crippen LogP contribution in [0.4, 0.5) is 0 Å². The summed E-state index contributed by atoms with van der Waals surface area (Å²) in [6.45, 7) is 0.0273. The number of ether oxygens (including phenoxy) is 2. The van der Waals surface area contributed by atoms with E-state index in [4.69, 9.17) is 9.47 Å². The molecule has 0 radical (unpaired) electrons. The maximum absolute atomic E-state index is 12.2. The number of carbonyl (C=O) groups excluding carboxylic acids is 1. The van der Waals surface area contributed by atoms with Crippen LogP contribution in [0.15, 0.2) is 51.8 Å². The molecule has 0 aliphatic rings. The van der Waals surface area contributed by atoms with Crippen LogP contribution in [-0.4, -0.2) is 27.8 Å². The Morgan fingerprint density at radius 2 is 1.87 bits per heavy atom. The second-order valence-electron chi connectivity index (χ2n) is 4.81. The summed E-state index contributed by atoms with van der Waals surface area (Å²) in [7, 11) is -1.94. The van der Waals surface area contributed by atoms with E-state index in [0.29, 0.717) is 5.75 Å². The van der Waals surface area contributed by atoms with Gasteiger partial charge in [0, 0.05) is 6.26 Å². The summed E-state index contributed by atoms with van der Waals surface area (Å²) >= 11 is 3.35. The molecule has 2 aromatic rings. The van der Waals surface area contributed by atoms with E-state index in [0.717, 1.165) is 16.3 Å². The first-order valence-corrected chi connectivity index (χ1v) is 9.30. The zero-order valence-corrected chi connectivity index (χ0v) is 15.0. The van der Waals surface area contributed by atoms with E-state index in [2.05, 4.69) is 15.9 Å². The van der Waals surface area contributed by atoms with Gasteiger partial charge in [0.05, 0.1) is 22.0 Å². The van der Waals surface area contributed by atoms with Crippen LogP contribution in [0.5, 0.6) is 5.75 Å². The van der Waals surface area contributed by atoms with Gasteiger partial charge in [0.25, 0.3) is 0 Å². The standard InChI is InChI=1S/C16H15BrO5S/c1-21-14-8-7-11(9-13(14)17)10-22-16(18)12-5-3-4-6-15(12)23(2,19)20/h3-9H,10H2,1-2H3. The Bertz CT molecular complexity index is 830. The van der Waals surface area contributed by atoms with Gasteiger partial charge in [0.1, 0.15) is 12.4 Å². The van der Waals surface area contributed by atoms with E-state index < -0.39 is 15.8 Å². The van der Waals surface area contributed by atoms with Gasteiger partial charge < -0.3 is 9.47 Å². The molecule has 2 aromatic carbocycles. The maximum Gasteiger partial charge on any atom is 0.339 e. The highest BCUT2D eigenvalue weighted by Gasteiger charge is 2.19. The molecule has 0 atom stereocenters. The Labute approximate surface area is 143 Å². The molecule has 0 fully saturated rings. The van der Waals surface area contributed by atoms with Gasteiger partial charge in [-0.25, -0.2) is 13.2 Å². The minimum absolute atomic E-state index is 0.0273. The predicted octanol–water partition coefficient (Wildman–Crippen LogP) is 3.22. The molecule has 122 valence electrons. The number of esters is 1. The fourth-order valence-corrected chi connectivity index (χ4v) is 3.45. The summed E-state index contributed by atoms with van der Waals surface area (Å²) < 4.78 is 34.5. The smallest absolute Gasteiger partial charge is 0.339 e. The summed E-state index contributed by atoms with van der Waals surface area (Å²) in [5.74, 6) is -0.0135. The van der Waals surface area contributed by atoms with Crippen molar-refractivity contribution >= 4 is 31.7 Å². The van der Waals surface area contributed by atoms with E-state index >= 15 is 0 Å². The van der Waals surface area contributed by atoms with Gasteiger partial charge in [-0.05, 0) is 45.8 Å². The van der Waals surface area contributed by atoms with Crippen molar-refractivity contribution in [2.24, 2.45) is 0 Å². The molecule has 0 N–H and O–H groups in total. The molecule has 5 nitrogen and oxygen atoms in total. The van der Waals surface area contributed by atoms with Crippen molar-refractivity contribution in [2.75, 3.05) is 13.4 Å². The highest BCUT2D eigenvalue weighted by molar-refractivity contribution is 9.10. The Balaban J connectivity index is 2.16. The minimum Gasteiger partial charge on any atom is -0.496 e. The largest absolute Gasteiger partial charge is 0.496 e. The molecule has 23 heavy (non-hydrogen) atoms. The quantitative estimate of drug-likeness (QED) is 0.723. The van der Waals surface area contributed by atoms with Crippen LogP contribution in [0.2, 0.25) is 0 Å². The average molecular weight is 399 g/mol. The molecule has 0 spiro atoms. The number of halogens is 1. The van der Waals surface area contributed by atoms with Crippen LogP contribution in [-0.2, 0) is 21.2 Å². The first kappa shape index (κ1) is 17.5. The summed E-state index contributed by atoms with van der Waals surface area (Å²) in [6, 6.07) is 11.3. The minimum atomic E-state index is -3.50. The van der Waals surface area contributed by atoms with Crippen LogP contribution in [0.1, 0.15) is 15.9 Å². The third-order valence-electron chi connectivity index (χ3n) is 3.09. The SMILES string of the molecule is COc1ccc(COC(=O)c2ccccc2S(C)(=O)=O)cc1Br. The third kappa shape index (κ3) is 4.33. The Morgan fingerprint density at radius 1 is 1.17 bits per heavy atom. The number of sulfone groups is 1. The summed E-state index contributed by atoms with van der Waals surface area (Å²) in [5.41, 5.74) is 0.783. The lowest BCUT2D eigenvalue weighted by molar-refractivity contribution is 0.0468. The van der Waals surface area contributed by atoms with Crippen LogP contribution < -0.4 is 4.74 Å². The molecule has 0 amide bonds. The monoisotopic (exact) mass is 398 g/mol. The normalized spacial score (nSPS) is 11.1. The lowest BCUT2D eigenvalue weighted by Crippen LogP contribution is -2.11. The molecule has 0 unspecified atom stereocenters.